The summed E-state index contributed by atoms with van der Waals surface area (Å²) in [6, 6.07) is 4.34. The van der Waals surface area contributed by atoms with Crippen molar-refractivity contribution < 1.29 is 24.0 Å². The number of carbonyl (C=O) groups is 2. The zero-order valence-electron chi connectivity index (χ0n) is 16.0. The Bertz CT molecular complexity index is 938. The van der Waals surface area contributed by atoms with E-state index in [2.05, 4.69) is 10.3 Å². The molecule has 0 radical (unpaired) electrons. The van der Waals surface area contributed by atoms with E-state index >= 15 is 0 Å². The third-order valence-corrected chi connectivity index (χ3v) is 5.32. The Morgan fingerprint density at radius 1 is 1.38 bits per heavy atom. The van der Waals surface area contributed by atoms with Crippen molar-refractivity contribution in [3.63, 3.8) is 0 Å². The van der Waals surface area contributed by atoms with E-state index in [1.165, 1.54) is 12.1 Å². The van der Waals surface area contributed by atoms with E-state index in [4.69, 9.17) is 9.47 Å². The van der Waals surface area contributed by atoms with Crippen LogP contribution in [0.15, 0.2) is 18.2 Å². The van der Waals surface area contributed by atoms with Gasteiger partial charge in [0.05, 0.1) is 30.4 Å². The zero-order chi connectivity index (χ0) is 21.0. The van der Waals surface area contributed by atoms with Crippen LogP contribution in [0.4, 0.5) is 16.5 Å². The first-order valence-corrected chi connectivity index (χ1v) is 9.79. The van der Waals surface area contributed by atoms with Gasteiger partial charge in [-0.1, -0.05) is 11.3 Å². The molecule has 1 fully saturated rings. The molecule has 2 heterocycles. The highest BCUT2D eigenvalue weighted by Gasteiger charge is 2.24. The zero-order valence-corrected chi connectivity index (χ0v) is 16.8. The molecule has 1 aliphatic rings. The van der Waals surface area contributed by atoms with Gasteiger partial charge in [-0.3, -0.25) is 20.2 Å². The molecule has 1 N–H and O–H groups in total. The number of ether oxygens (including phenoxy) is 2. The SMILES string of the molecule is CCOC(=O)c1sc(NC(=O)c2ccc(N3CCOCC3)c([N+](=O)[O-])c2)nc1C. The molecule has 0 aliphatic carbocycles. The molecule has 0 unspecified atom stereocenters. The number of aryl methyl sites for hydroxylation is 1. The van der Waals surface area contributed by atoms with Gasteiger partial charge in [0.15, 0.2) is 5.13 Å². The van der Waals surface area contributed by atoms with E-state index in [1.54, 1.807) is 19.9 Å². The Hall–Kier alpha value is -3.05. The second kappa shape index (κ2) is 8.97. The normalized spacial score (nSPS) is 13.8. The predicted molar refractivity (Wildman–Crippen MR) is 107 cm³/mol. The molecule has 1 aromatic carbocycles. The molecular weight excluding hydrogens is 400 g/mol. The molecule has 0 atom stereocenters. The number of hydrogen-bond donors (Lipinski definition) is 1. The van der Waals surface area contributed by atoms with Gasteiger partial charge in [0.2, 0.25) is 0 Å². The summed E-state index contributed by atoms with van der Waals surface area (Å²) in [5.74, 6) is -1.06. The van der Waals surface area contributed by atoms with Crippen LogP contribution in [0.2, 0.25) is 0 Å². The monoisotopic (exact) mass is 420 g/mol. The van der Waals surface area contributed by atoms with Crippen LogP contribution in [0, 0.1) is 17.0 Å². The molecule has 0 spiro atoms. The van der Waals surface area contributed by atoms with E-state index in [-0.39, 0.29) is 23.0 Å². The van der Waals surface area contributed by atoms with E-state index in [1.807, 2.05) is 4.90 Å². The number of aromatic nitrogens is 1. The van der Waals surface area contributed by atoms with Crippen molar-refractivity contribution >= 4 is 39.7 Å². The van der Waals surface area contributed by atoms with Gasteiger partial charge in [-0.25, -0.2) is 9.78 Å². The molecule has 1 aliphatic heterocycles. The lowest BCUT2D eigenvalue weighted by Gasteiger charge is -2.28. The molecule has 1 saturated heterocycles. The summed E-state index contributed by atoms with van der Waals surface area (Å²) in [6.07, 6.45) is 0. The van der Waals surface area contributed by atoms with Gasteiger partial charge in [-0.05, 0) is 26.0 Å². The summed E-state index contributed by atoms with van der Waals surface area (Å²) < 4.78 is 10.2. The van der Waals surface area contributed by atoms with Crippen LogP contribution in [0.3, 0.4) is 0 Å². The van der Waals surface area contributed by atoms with E-state index < -0.39 is 16.8 Å². The number of carbonyl (C=O) groups excluding carboxylic acids is 2. The minimum absolute atomic E-state index is 0.124. The van der Waals surface area contributed by atoms with Crippen molar-refractivity contribution in [2.24, 2.45) is 0 Å². The summed E-state index contributed by atoms with van der Waals surface area (Å²) in [7, 11) is 0. The average molecular weight is 420 g/mol. The molecule has 0 bridgehead atoms. The number of benzene rings is 1. The molecule has 0 saturated carbocycles. The Morgan fingerprint density at radius 2 is 2.10 bits per heavy atom. The van der Waals surface area contributed by atoms with Gasteiger partial charge in [0.25, 0.3) is 11.6 Å². The van der Waals surface area contributed by atoms with Crippen molar-refractivity contribution in [1.82, 2.24) is 4.98 Å². The molecule has 1 amide bonds. The highest BCUT2D eigenvalue weighted by atomic mass is 32.1. The number of anilines is 2. The van der Waals surface area contributed by atoms with Crippen LogP contribution in [0.5, 0.6) is 0 Å². The molecule has 10 nitrogen and oxygen atoms in total. The van der Waals surface area contributed by atoms with E-state index in [0.29, 0.717) is 42.6 Å². The first-order valence-electron chi connectivity index (χ1n) is 8.97. The topological polar surface area (TPSA) is 124 Å². The van der Waals surface area contributed by atoms with E-state index in [9.17, 15) is 19.7 Å². The van der Waals surface area contributed by atoms with Crippen LogP contribution in [0.25, 0.3) is 0 Å². The van der Waals surface area contributed by atoms with Gasteiger partial charge in [0, 0.05) is 24.7 Å². The fourth-order valence-corrected chi connectivity index (χ4v) is 3.74. The van der Waals surface area contributed by atoms with Crippen molar-refractivity contribution in [3.8, 4) is 0 Å². The number of nitrogens with zero attached hydrogens (tertiary/aromatic N) is 3. The Labute approximate surface area is 170 Å². The number of amides is 1. The third-order valence-electron chi connectivity index (χ3n) is 4.26. The molecule has 11 heteroatoms. The summed E-state index contributed by atoms with van der Waals surface area (Å²) in [5, 5.41) is 14.3. The van der Waals surface area contributed by atoms with Crippen LogP contribution in [-0.2, 0) is 9.47 Å². The number of rotatable bonds is 6. The number of morpholine rings is 1. The van der Waals surface area contributed by atoms with Crippen molar-refractivity contribution in [1.29, 1.82) is 0 Å². The quantitative estimate of drug-likeness (QED) is 0.430. The molecule has 3 rings (SSSR count). The Morgan fingerprint density at radius 3 is 2.76 bits per heavy atom. The molecular formula is C18H20N4O6S. The van der Waals surface area contributed by atoms with Crippen LogP contribution in [0.1, 0.15) is 32.6 Å². The van der Waals surface area contributed by atoms with Crippen LogP contribution >= 0.6 is 11.3 Å². The number of nitrogens with one attached hydrogen (secondary N) is 1. The van der Waals surface area contributed by atoms with Gasteiger partial charge in [-0.2, -0.15) is 0 Å². The molecule has 2 aromatic rings. The lowest BCUT2D eigenvalue weighted by molar-refractivity contribution is -0.384. The fraction of sp³-hybridized carbons (Fsp3) is 0.389. The number of thiazole rings is 1. The lowest BCUT2D eigenvalue weighted by atomic mass is 10.1. The second-order valence-electron chi connectivity index (χ2n) is 6.17. The Balaban J connectivity index is 1.80. The largest absolute Gasteiger partial charge is 0.462 e. The lowest BCUT2D eigenvalue weighted by Crippen LogP contribution is -2.36. The van der Waals surface area contributed by atoms with Gasteiger partial charge < -0.3 is 14.4 Å². The number of hydrogen-bond acceptors (Lipinski definition) is 9. The maximum absolute atomic E-state index is 12.6. The first kappa shape index (κ1) is 20.7. The maximum atomic E-state index is 12.6. The third kappa shape index (κ3) is 4.69. The summed E-state index contributed by atoms with van der Waals surface area (Å²) >= 11 is 0.993. The highest BCUT2D eigenvalue weighted by Crippen LogP contribution is 2.30. The second-order valence-corrected chi connectivity index (χ2v) is 7.17. The van der Waals surface area contributed by atoms with Crippen molar-refractivity contribution in [3.05, 3.63) is 44.4 Å². The highest BCUT2D eigenvalue weighted by molar-refractivity contribution is 7.17. The van der Waals surface area contributed by atoms with Crippen molar-refractivity contribution in [2.45, 2.75) is 13.8 Å². The molecule has 29 heavy (non-hydrogen) atoms. The van der Waals surface area contributed by atoms with Gasteiger partial charge >= 0.3 is 5.97 Å². The van der Waals surface area contributed by atoms with Crippen LogP contribution < -0.4 is 10.2 Å². The minimum Gasteiger partial charge on any atom is -0.462 e. The number of nitro benzene ring substituents is 1. The minimum atomic E-state index is -0.550. The summed E-state index contributed by atoms with van der Waals surface area (Å²) in [5.41, 5.74) is 0.864. The summed E-state index contributed by atoms with van der Waals surface area (Å²) in [4.78, 5) is 41.8. The first-order chi connectivity index (χ1) is 13.9. The Kier molecular flexibility index (Phi) is 6.39. The maximum Gasteiger partial charge on any atom is 0.350 e. The average Bonchev–Trinajstić information content (AvgIpc) is 3.08. The van der Waals surface area contributed by atoms with E-state index in [0.717, 1.165) is 11.3 Å². The number of nitro groups is 1. The molecule has 154 valence electrons. The van der Waals surface area contributed by atoms with Crippen LogP contribution in [-0.4, -0.2) is 54.7 Å². The fourth-order valence-electron chi connectivity index (χ4n) is 2.89. The molecule has 1 aromatic heterocycles. The smallest absolute Gasteiger partial charge is 0.350 e. The van der Waals surface area contributed by atoms with Gasteiger partial charge in [0.1, 0.15) is 10.6 Å². The van der Waals surface area contributed by atoms with Gasteiger partial charge in [-0.15, -0.1) is 0 Å². The number of esters is 1. The van der Waals surface area contributed by atoms with Crippen molar-refractivity contribution in [2.75, 3.05) is 43.1 Å². The standard InChI is InChI=1S/C18H20N4O6S/c1-3-28-17(24)15-11(2)19-18(29-15)20-16(23)12-4-5-13(14(10-12)22(25)26)21-6-8-27-9-7-21/h4-5,10H,3,6-9H2,1-2H3,(H,19,20,23). The summed E-state index contributed by atoms with van der Waals surface area (Å²) in [6.45, 7) is 5.64. The predicted octanol–water partition coefficient (Wildman–Crippen LogP) is 2.63.